The summed E-state index contributed by atoms with van der Waals surface area (Å²) in [6.45, 7) is 11.0. The lowest BCUT2D eigenvalue weighted by Crippen LogP contribution is -2.55. The molecule has 15 nitrogen and oxygen atoms in total. The Kier molecular flexibility index (Phi) is 17.2. The predicted molar refractivity (Wildman–Crippen MR) is 263 cm³/mol. The Morgan fingerprint density at radius 2 is 1.75 bits per heavy atom. The summed E-state index contributed by atoms with van der Waals surface area (Å²) in [5.41, 5.74) is 7.30. The smallest absolute Gasteiger partial charge is 0.317 e. The lowest BCUT2D eigenvalue weighted by molar-refractivity contribution is -0.133. The summed E-state index contributed by atoms with van der Waals surface area (Å²) in [6, 6.07) is 14.3. The van der Waals surface area contributed by atoms with E-state index in [1.165, 1.54) is 6.07 Å². The van der Waals surface area contributed by atoms with Crippen molar-refractivity contribution in [3.63, 3.8) is 0 Å². The first kappa shape index (κ1) is 49.7. The minimum absolute atomic E-state index is 0.0447. The first-order chi connectivity index (χ1) is 32.2. The summed E-state index contributed by atoms with van der Waals surface area (Å²) in [4.78, 5) is 75.6. The van der Waals surface area contributed by atoms with Gasteiger partial charge < -0.3 is 34.9 Å². The number of likely N-dealkylation sites (tertiary alicyclic amines) is 1. The number of hydrazone groups is 1. The fourth-order valence-corrected chi connectivity index (χ4v) is 11.4. The van der Waals surface area contributed by atoms with Crippen LogP contribution in [0.3, 0.4) is 0 Å². The van der Waals surface area contributed by atoms with Crippen LogP contribution in [0.15, 0.2) is 66.0 Å². The van der Waals surface area contributed by atoms with Crippen LogP contribution in [-0.2, 0) is 25.7 Å². The predicted octanol–water partition coefficient (Wildman–Crippen LogP) is 6.83. The number of aromatic nitrogens is 1. The minimum atomic E-state index is -0.488. The molecule has 4 aliphatic rings. The summed E-state index contributed by atoms with van der Waals surface area (Å²) in [6.07, 6.45) is 8.45. The number of piperidine rings is 1. The van der Waals surface area contributed by atoms with Crippen molar-refractivity contribution in [1.29, 1.82) is 0 Å². The molecule has 0 bridgehead atoms. The number of amides is 5. The van der Waals surface area contributed by atoms with Gasteiger partial charge in [0.1, 0.15) is 17.3 Å². The number of pyridine rings is 1. The van der Waals surface area contributed by atoms with Gasteiger partial charge in [-0.3, -0.25) is 24.3 Å². The second kappa shape index (κ2) is 23.2. The van der Waals surface area contributed by atoms with Gasteiger partial charge in [-0.2, -0.15) is 5.10 Å². The fourth-order valence-electron chi connectivity index (χ4n) is 8.90. The Balaban J connectivity index is 0.746. The molecule has 1 aromatic heterocycles. The third-order valence-corrected chi connectivity index (χ3v) is 16.1. The first-order valence-electron chi connectivity index (χ1n) is 23.4. The zero-order valence-electron chi connectivity index (χ0n) is 39.1. The molecular formula is C49H64FN9O6S2. The third-order valence-electron chi connectivity index (χ3n) is 12.8. The van der Waals surface area contributed by atoms with Crippen molar-refractivity contribution in [2.24, 2.45) is 11.0 Å². The number of Topliss-reactive ketones (excluding diaryl/α,β-unsaturated/α-hetero) is 1. The summed E-state index contributed by atoms with van der Waals surface area (Å²) in [5, 5.41) is 10.2. The molecule has 0 radical (unpaired) electrons. The molecular weight excluding hydrogens is 894 g/mol. The van der Waals surface area contributed by atoms with E-state index in [4.69, 9.17) is 4.74 Å². The van der Waals surface area contributed by atoms with Crippen LogP contribution in [0.1, 0.15) is 94.7 Å². The highest BCUT2D eigenvalue weighted by molar-refractivity contribution is 8.77. The molecule has 1 saturated carbocycles. The molecule has 18 heteroatoms. The quantitative estimate of drug-likeness (QED) is 0.0655. The number of hydrogen-bond acceptors (Lipinski definition) is 12. The largest absolute Gasteiger partial charge is 0.494 e. The molecule has 360 valence electrons. The van der Waals surface area contributed by atoms with E-state index < -0.39 is 5.82 Å². The molecule has 1 unspecified atom stereocenters. The molecule has 2 saturated heterocycles. The number of piperazine rings is 1. The maximum Gasteiger partial charge on any atom is 0.317 e. The monoisotopic (exact) mass is 957 g/mol. The number of ketones is 1. The van der Waals surface area contributed by atoms with Crippen LogP contribution in [-0.4, -0.2) is 131 Å². The van der Waals surface area contributed by atoms with Crippen LogP contribution < -0.4 is 25.7 Å². The molecule has 3 aromatic rings. The maximum absolute atomic E-state index is 15.0. The molecule has 2 atom stereocenters. The van der Waals surface area contributed by atoms with E-state index in [-0.39, 0.29) is 59.1 Å². The summed E-state index contributed by atoms with van der Waals surface area (Å²) in [7, 11) is 5.24. The van der Waals surface area contributed by atoms with Crippen LogP contribution in [0.4, 0.5) is 20.6 Å². The Morgan fingerprint density at radius 1 is 0.955 bits per heavy atom. The lowest BCUT2D eigenvalue weighted by Gasteiger charge is -2.42. The van der Waals surface area contributed by atoms with Gasteiger partial charge in [-0.1, -0.05) is 33.7 Å². The fraction of sp³-hybridized carbons (Fsp3) is 0.531. The number of carbonyl (C=O) groups is 5. The first-order valence-corrected chi connectivity index (χ1v) is 25.7. The highest BCUT2D eigenvalue weighted by atomic mass is 33.1. The molecule has 3 N–H and O–H groups in total. The summed E-state index contributed by atoms with van der Waals surface area (Å²) < 4.78 is 20.5. The van der Waals surface area contributed by atoms with Gasteiger partial charge in [-0.15, -0.1) is 0 Å². The van der Waals surface area contributed by atoms with Gasteiger partial charge in [0.2, 0.25) is 17.7 Å². The Morgan fingerprint density at radius 3 is 2.48 bits per heavy atom. The van der Waals surface area contributed by atoms with Crippen molar-refractivity contribution >= 4 is 68.2 Å². The highest BCUT2D eigenvalue weighted by Gasteiger charge is 2.44. The normalized spacial score (nSPS) is 19.4. The third kappa shape index (κ3) is 14.2. The van der Waals surface area contributed by atoms with E-state index in [0.29, 0.717) is 81.5 Å². The Labute approximate surface area is 401 Å². The molecule has 7 rings (SSSR count). The number of anilines is 2. The number of nitrogens with zero attached hydrogens (tertiary/aromatic N) is 6. The molecule has 1 aliphatic carbocycles. The second-order valence-corrected chi connectivity index (χ2v) is 21.6. The van der Waals surface area contributed by atoms with Crippen molar-refractivity contribution in [2.45, 2.75) is 95.4 Å². The van der Waals surface area contributed by atoms with E-state index in [9.17, 15) is 24.0 Å². The lowest BCUT2D eigenvalue weighted by atomic mass is 10.00. The number of benzene rings is 2. The van der Waals surface area contributed by atoms with Crippen LogP contribution in [0.5, 0.6) is 5.75 Å². The molecule has 67 heavy (non-hydrogen) atoms. The van der Waals surface area contributed by atoms with Crippen LogP contribution in [0, 0.1) is 11.7 Å². The number of rotatable bonds is 19. The number of hydrogen-bond donors (Lipinski definition) is 3. The van der Waals surface area contributed by atoms with Gasteiger partial charge in [-0.25, -0.2) is 14.6 Å². The van der Waals surface area contributed by atoms with Gasteiger partial charge in [-0.05, 0) is 88.3 Å². The van der Waals surface area contributed by atoms with E-state index in [1.54, 1.807) is 57.9 Å². The van der Waals surface area contributed by atoms with Crippen LogP contribution in [0.25, 0.3) is 0 Å². The Hall–Kier alpha value is -5.20. The number of nitrogens with one attached hydrogen (secondary N) is 3. The standard InChI is InChI=1S/C49H64FN9O6S2/c1-33(60)7-6-25-65-38-11-12-39-43(15-18-56(4)44(39)28-38)54-55-45(61)30-49(2,3)67-66-26-16-46(62)58-23-21-57(22-24-58)37-13-19-59(20-14-37)48(64)52-32-35-9-10-36(27-42(35)50)53-47(63)41-29-40(41)34-8-5-17-51-31-34/h5,8-12,17,27-28,31,37,40-41H,6-7,13-16,18-26,29-30,32H2,1-4H3,(H,52,64)(H,53,63)(H,55,61)/b54-43+/t40?,41-/m0/s1. The van der Waals surface area contributed by atoms with Gasteiger partial charge in [0.25, 0.3) is 0 Å². The van der Waals surface area contributed by atoms with Crippen molar-refractivity contribution in [1.82, 2.24) is 30.4 Å². The average Bonchev–Trinajstić information content (AvgIpc) is 4.13. The Bertz CT molecular complexity index is 2270. The van der Waals surface area contributed by atoms with Crippen LogP contribution in [0.2, 0.25) is 0 Å². The van der Waals surface area contributed by atoms with Crippen LogP contribution >= 0.6 is 21.6 Å². The molecule has 0 spiro atoms. The van der Waals surface area contributed by atoms with Gasteiger partial charge in [0.15, 0.2) is 0 Å². The van der Waals surface area contributed by atoms with Crippen molar-refractivity contribution in [2.75, 3.05) is 75.4 Å². The van der Waals surface area contributed by atoms with Gasteiger partial charge in [0, 0.05) is 149 Å². The zero-order valence-corrected chi connectivity index (χ0v) is 40.7. The number of carbonyl (C=O) groups excluding carboxylic acids is 5. The maximum atomic E-state index is 15.0. The zero-order chi connectivity index (χ0) is 47.5. The van der Waals surface area contributed by atoms with E-state index in [0.717, 1.165) is 67.2 Å². The molecule has 2 aromatic carbocycles. The second-order valence-electron chi connectivity index (χ2n) is 18.5. The average molecular weight is 958 g/mol. The number of halogens is 1. The van der Waals surface area contributed by atoms with Gasteiger partial charge >= 0.3 is 6.03 Å². The summed E-state index contributed by atoms with van der Waals surface area (Å²) >= 11 is 0. The highest BCUT2D eigenvalue weighted by Crippen LogP contribution is 2.47. The molecule has 4 heterocycles. The summed E-state index contributed by atoms with van der Waals surface area (Å²) in [5.74, 6) is 0.859. The molecule has 3 fully saturated rings. The van der Waals surface area contributed by atoms with Crippen molar-refractivity contribution < 1.29 is 33.1 Å². The van der Waals surface area contributed by atoms with Gasteiger partial charge in [0.05, 0.1) is 12.3 Å². The van der Waals surface area contributed by atoms with E-state index in [1.807, 2.05) is 56.1 Å². The number of ether oxygens (including phenoxy) is 1. The minimum Gasteiger partial charge on any atom is -0.494 e. The number of fused-ring (bicyclic) bond motifs is 1. The van der Waals surface area contributed by atoms with Crippen molar-refractivity contribution in [3.8, 4) is 5.75 Å². The molecule has 3 aliphatic heterocycles. The number of urea groups is 1. The SMILES string of the molecule is CC(=O)CCCOc1ccc2c(c1)N(C)CC/C2=N\NC(=O)CC(C)(C)SSCCC(=O)N1CCN(C2CCN(C(=O)NCc3ccc(NC(=O)[C@H]4CC4c4cccnc4)cc3F)CC2)CC1. The topological polar surface area (TPSA) is 169 Å². The van der Waals surface area contributed by atoms with E-state index >= 15 is 4.39 Å². The van der Waals surface area contributed by atoms with Crippen molar-refractivity contribution in [3.05, 3.63) is 83.4 Å². The molecule has 5 amide bonds. The van der Waals surface area contributed by atoms with E-state index in [2.05, 4.69) is 35.9 Å².